The summed E-state index contributed by atoms with van der Waals surface area (Å²) in [5.74, 6) is -0.0667. The predicted molar refractivity (Wildman–Crippen MR) is 114 cm³/mol. The summed E-state index contributed by atoms with van der Waals surface area (Å²) >= 11 is 0. The summed E-state index contributed by atoms with van der Waals surface area (Å²) < 4.78 is 7.47. The van der Waals surface area contributed by atoms with Gasteiger partial charge in [0.1, 0.15) is 6.10 Å². The van der Waals surface area contributed by atoms with E-state index in [-0.39, 0.29) is 42.0 Å². The Morgan fingerprint density at radius 2 is 1.76 bits per heavy atom. The fourth-order valence-electron chi connectivity index (χ4n) is 6.43. The van der Waals surface area contributed by atoms with Gasteiger partial charge >= 0.3 is 5.97 Å². The maximum Gasteiger partial charge on any atom is 0.313 e. The first-order valence-electron chi connectivity index (χ1n) is 11.5. The van der Waals surface area contributed by atoms with Crippen molar-refractivity contribution in [2.24, 2.45) is 5.92 Å². The Kier molecular flexibility index (Phi) is 7.82. The van der Waals surface area contributed by atoms with E-state index in [4.69, 9.17) is 4.74 Å². The van der Waals surface area contributed by atoms with Crippen molar-refractivity contribution in [3.63, 3.8) is 0 Å². The van der Waals surface area contributed by atoms with E-state index in [9.17, 15) is 4.79 Å². The lowest BCUT2D eigenvalue weighted by molar-refractivity contribution is -0.965. The molecule has 1 aliphatic carbocycles. The maximum atomic E-state index is 13.2. The van der Waals surface area contributed by atoms with Gasteiger partial charge in [0, 0.05) is 25.7 Å². The van der Waals surface area contributed by atoms with Gasteiger partial charge in [0.05, 0.1) is 31.1 Å². The molecule has 4 heteroatoms. The molecule has 1 aromatic rings. The molecule has 1 aromatic carbocycles. The van der Waals surface area contributed by atoms with Crippen LogP contribution in [0.4, 0.5) is 0 Å². The van der Waals surface area contributed by atoms with Crippen molar-refractivity contribution >= 4 is 11.5 Å². The molecule has 0 saturated carbocycles. The van der Waals surface area contributed by atoms with Crippen LogP contribution in [0.5, 0.6) is 0 Å². The molecular formula is C25H36INO2. The minimum atomic E-state index is -0.0863. The van der Waals surface area contributed by atoms with E-state index in [0.717, 1.165) is 32.1 Å². The Labute approximate surface area is 193 Å². The molecule has 2 aliphatic heterocycles. The highest BCUT2D eigenvalue weighted by Gasteiger charge is 2.53. The van der Waals surface area contributed by atoms with Crippen molar-refractivity contribution in [3.05, 3.63) is 42.0 Å². The van der Waals surface area contributed by atoms with Crippen LogP contribution in [-0.4, -0.2) is 41.7 Å². The van der Waals surface area contributed by atoms with Crippen molar-refractivity contribution in [2.45, 2.75) is 83.4 Å². The van der Waals surface area contributed by atoms with E-state index in [1.807, 2.05) is 6.07 Å². The van der Waals surface area contributed by atoms with Crippen LogP contribution in [0.2, 0.25) is 0 Å². The van der Waals surface area contributed by atoms with E-state index in [1.165, 1.54) is 48.0 Å². The Morgan fingerprint density at radius 3 is 2.38 bits per heavy atom. The smallest absolute Gasteiger partial charge is 0.313 e. The molecule has 160 valence electrons. The van der Waals surface area contributed by atoms with Crippen LogP contribution < -0.4 is 24.0 Å². The highest BCUT2D eigenvalue weighted by Crippen LogP contribution is 2.44. The number of hydrogen-bond acceptors (Lipinski definition) is 2. The van der Waals surface area contributed by atoms with Crippen LogP contribution in [0.25, 0.3) is 5.57 Å². The zero-order chi connectivity index (χ0) is 19.6. The average Bonchev–Trinajstić information content (AvgIpc) is 2.91. The third kappa shape index (κ3) is 4.43. The molecule has 3 atom stereocenters. The van der Waals surface area contributed by atoms with Crippen LogP contribution in [-0.2, 0) is 9.53 Å². The Morgan fingerprint density at radius 1 is 1.07 bits per heavy atom. The molecule has 2 bridgehead atoms. The molecule has 2 heterocycles. The second kappa shape index (κ2) is 9.95. The third-order valence-corrected chi connectivity index (χ3v) is 7.70. The minimum Gasteiger partial charge on any atom is -1.00 e. The predicted octanol–water partition coefficient (Wildman–Crippen LogP) is 2.36. The summed E-state index contributed by atoms with van der Waals surface area (Å²) in [5, 5.41) is 0. The summed E-state index contributed by atoms with van der Waals surface area (Å²) in [6, 6.07) is 11.8. The second-order valence-corrected chi connectivity index (χ2v) is 9.07. The number of piperidine rings is 1. The number of hydrogen-bond donors (Lipinski definition) is 0. The number of carbonyl (C=O) groups is 1. The molecule has 0 spiro atoms. The number of ether oxygens (including phenoxy) is 1. The number of rotatable bonds is 6. The lowest BCUT2D eigenvalue weighted by Gasteiger charge is -2.49. The van der Waals surface area contributed by atoms with Gasteiger partial charge in [-0.2, -0.15) is 0 Å². The number of nitrogens with zero attached hydrogens (tertiary/aromatic N) is 1. The SMILES string of the molecule is CCC[N+]1(CC)C2CCC1CC(OC(=O)C1CCCC=C1c1ccccc1)C2.[I-]. The van der Waals surface area contributed by atoms with Crippen LogP contribution in [0.1, 0.15) is 70.8 Å². The molecule has 0 amide bonds. The molecule has 0 radical (unpaired) electrons. The number of allylic oxidation sites excluding steroid dienone is 1. The minimum absolute atomic E-state index is 0. The van der Waals surface area contributed by atoms with Crippen LogP contribution >= 0.6 is 0 Å². The fourth-order valence-corrected chi connectivity index (χ4v) is 6.43. The Bertz CT molecular complexity index is 703. The van der Waals surface area contributed by atoms with E-state index < -0.39 is 0 Å². The van der Waals surface area contributed by atoms with Gasteiger partial charge in [-0.1, -0.05) is 43.3 Å². The molecule has 0 N–H and O–H groups in total. The van der Waals surface area contributed by atoms with Gasteiger partial charge < -0.3 is 33.2 Å². The molecule has 3 aliphatic rings. The first kappa shape index (κ1) is 22.8. The maximum absolute atomic E-state index is 13.2. The Balaban J connectivity index is 0.00000240. The van der Waals surface area contributed by atoms with Crippen LogP contribution in [0.15, 0.2) is 36.4 Å². The number of halogens is 1. The van der Waals surface area contributed by atoms with E-state index in [2.05, 4.69) is 44.2 Å². The zero-order valence-corrected chi connectivity index (χ0v) is 20.1. The summed E-state index contributed by atoms with van der Waals surface area (Å²) in [7, 11) is 0. The molecule has 2 saturated heterocycles. The van der Waals surface area contributed by atoms with Gasteiger partial charge in [-0.25, -0.2) is 0 Å². The average molecular weight is 509 g/mol. The summed E-state index contributed by atoms with van der Waals surface area (Å²) in [4.78, 5) is 13.2. The molecule has 2 fully saturated rings. The van der Waals surface area contributed by atoms with E-state index in [0.29, 0.717) is 12.1 Å². The standard InChI is InChI=1S/C25H36NO2.HI/c1-3-16-26(4-2)20-14-15-21(26)18-22(17-20)28-25(27)24-13-9-8-12-23(24)19-10-6-5-7-11-19;/h5-7,10-12,20-22,24H,3-4,8-9,13-18H2,1-2H3;1H/q+1;/p-1. The molecule has 4 rings (SSSR count). The summed E-state index contributed by atoms with van der Waals surface area (Å²) in [6.45, 7) is 7.18. The first-order valence-corrected chi connectivity index (χ1v) is 11.5. The highest BCUT2D eigenvalue weighted by atomic mass is 127. The number of carbonyl (C=O) groups excluding carboxylic acids is 1. The van der Waals surface area contributed by atoms with Gasteiger partial charge in [-0.15, -0.1) is 0 Å². The summed E-state index contributed by atoms with van der Waals surface area (Å²) in [5.41, 5.74) is 2.36. The van der Waals surface area contributed by atoms with Gasteiger partial charge in [0.2, 0.25) is 0 Å². The normalized spacial score (nSPS) is 33.5. The van der Waals surface area contributed by atoms with E-state index >= 15 is 0 Å². The lowest BCUT2D eigenvalue weighted by atomic mass is 9.83. The van der Waals surface area contributed by atoms with Crippen LogP contribution in [0.3, 0.4) is 0 Å². The van der Waals surface area contributed by atoms with Gasteiger partial charge in [-0.3, -0.25) is 4.79 Å². The highest BCUT2D eigenvalue weighted by molar-refractivity contribution is 5.89. The molecule has 3 nitrogen and oxygen atoms in total. The monoisotopic (exact) mass is 509 g/mol. The van der Waals surface area contributed by atoms with Crippen molar-refractivity contribution in [3.8, 4) is 0 Å². The number of benzene rings is 1. The van der Waals surface area contributed by atoms with Crippen molar-refractivity contribution < 1.29 is 38.0 Å². The van der Waals surface area contributed by atoms with E-state index in [1.54, 1.807) is 0 Å². The number of esters is 1. The van der Waals surface area contributed by atoms with Crippen molar-refractivity contribution in [1.29, 1.82) is 0 Å². The van der Waals surface area contributed by atoms with Crippen molar-refractivity contribution in [1.82, 2.24) is 0 Å². The molecule has 0 aromatic heterocycles. The van der Waals surface area contributed by atoms with Crippen LogP contribution in [0, 0.1) is 5.92 Å². The topological polar surface area (TPSA) is 26.3 Å². The Hall–Kier alpha value is -0.880. The number of fused-ring (bicyclic) bond motifs is 2. The summed E-state index contributed by atoms with van der Waals surface area (Å²) in [6.07, 6.45) is 11.4. The largest absolute Gasteiger partial charge is 1.00 e. The van der Waals surface area contributed by atoms with Gasteiger partial charge in [0.15, 0.2) is 0 Å². The molecular weight excluding hydrogens is 473 g/mol. The van der Waals surface area contributed by atoms with Gasteiger partial charge in [-0.05, 0) is 43.7 Å². The zero-order valence-electron chi connectivity index (χ0n) is 18.0. The second-order valence-electron chi connectivity index (χ2n) is 9.07. The molecule has 29 heavy (non-hydrogen) atoms. The fraction of sp³-hybridized carbons (Fsp3) is 0.640. The first-order chi connectivity index (χ1) is 13.7. The third-order valence-electron chi connectivity index (χ3n) is 7.70. The lowest BCUT2D eigenvalue weighted by Crippen LogP contribution is -3.00. The quantitative estimate of drug-likeness (QED) is 0.335. The molecule has 3 unspecified atom stereocenters. The van der Waals surface area contributed by atoms with Crippen molar-refractivity contribution in [2.75, 3.05) is 13.1 Å². The van der Waals surface area contributed by atoms with Gasteiger partial charge in [0.25, 0.3) is 0 Å². The number of quaternary nitrogens is 1.